The average molecular weight is 227 g/mol. The fraction of sp³-hybridized carbons (Fsp3) is 1.00. The molecule has 0 aliphatic heterocycles. The lowest BCUT2D eigenvalue weighted by Gasteiger charge is -2.15. The van der Waals surface area contributed by atoms with E-state index < -0.39 is 0 Å². The molecule has 1 aliphatic carbocycles. The summed E-state index contributed by atoms with van der Waals surface area (Å²) in [4.78, 5) is 0. The summed E-state index contributed by atoms with van der Waals surface area (Å²) in [6.07, 6.45) is 12.6. The molecule has 0 aromatic heterocycles. The zero-order valence-electron chi connectivity index (χ0n) is 10.9. The van der Waals surface area contributed by atoms with E-state index in [0.29, 0.717) is 6.04 Å². The quantitative estimate of drug-likeness (QED) is 0.593. The highest BCUT2D eigenvalue weighted by molar-refractivity contribution is 4.74. The van der Waals surface area contributed by atoms with Crippen LogP contribution < -0.4 is 5.32 Å². The molecule has 1 unspecified atom stereocenters. The van der Waals surface area contributed by atoms with Gasteiger partial charge in [0.15, 0.2) is 0 Å². The van der Waals surface area contributed by atoms with Crippen LogP contribution >= 0.6 is 0 Å². The molecule has 1 saturated carbocycles. The Labute approximate surface area is 101 Å². The molecule has 1 rings (SSSR count). The van der Waals surface area contributed by atoms with Crippen molar-refractivity contribution in [3.8, 4) is 0 Å². The van der Waals surface area contributed by atoms with Crippen molar-refractivity contribution in [1.82, 2.24) is 5.32 Å². The second kappa shape index (κ2) is 9.00. The van der Waals surface area contributed by atoms with E-state index in [-0.39, 0.29) is 6.10 Å². The van der Waals surface area contributed by atoms with E-state index in [0.717, 1.165) is 13.0 Å². The molecule has 0 heterocycles. The van der Waals surface area contributed by atoms with Crippen LogP contribution in [-0.2, 0) is 0 Å². The molecule has 96 valence electrons. The maximum Gasteiger partial charge on any atom is 0.0664 e. The smallest absolute Gasteiger partial charge is 0.0664 e. The number of hydrogen-bond acceptors (Lipinski definition) is 2. The van der Waals surface area contributed by atoms with Crippen LogP contribution in [0.15, 0.2) is 0 Å². The van der Waals surface area contributed by atoms with Gasteiger partial charge in [-0.1, -0.05) is 51.9 Å². The van der Waals surface area contributed by atoms with Gasteiger partial charge in [0, 0.05) is 12.6 Å². The SMILES string of the molecule is CCCCCCCC(O)CNC1CCCC1. The van der Waals surface area contributed by atoms with Gasteiger partial charge in [0.1, 0.15) is 0 Å². The minimum Gasteiger partial charge on any atom is -0.392 e. The van der Waals surface area contributed by atoms with Crippen LogP contribution in [-0.4, -0.2) is 23.8 Å². The fourth-order valence-electron chi connectivity index (χ4n) is 2.52. The number of unbranched alkanes of at least 4 members (excludes halogenated alkanes) is 4. The normalized spacial score (nSPS) is 19.1. The van der Waals surface area contributed by atoms with Crippen molar-refractivity contribution >= 4 is 0 Å². The molecule has 16 heavy (non-hydrogen) atoms. The Kier molecular flexibility index (Phi) is 7.87. The summed E-state index contributed by atoms with van der Waals surface area (Å²) in [6, 6.07) is 0.690. The lowest BCUT2D eigenvalue weighted by Crippen LogP contribution is -2.33. The minimum atomic E-state index is -0.123. The molecular formula is C14H29NO. The van der Waals surface area contributed by atoms with Crippen molar-refractivity contribution in [2.45, 2.75) is 83.3 Å². The molecule has 0 spiro atoms. The third-order valence-electron chi connectivity index (χ3n) is 3.64. The van der Waals surface area contributed by atoms with Crippen LogP contribution in [0.3, 0.4) is 0 Å². The molecule has 0 amide bonds. The van der Waals surface area contributed by atoms with Crippen molar-refractivity contribution in [3.05, 3.63) is 0 Å². The number of hydrogen-bond donors (Lipinski definition) is 2. The van der Waals surface area contributed by atoms with Crippen LogP contribution in [0.5, 0.6) is 0 Å². The van der Waals surface area contributed by atoms with E-state index in [2.05, 4.69) is 12.2 Å². The van der Waals surface area contributed by atoms with Gasteiger partial charge in [-0.15, -0.1) is 0 Å². The van der Waals surface area contributed by atoms with Crippen LogP contribution in [0.1, 0.15) is 71.1 Å². The highest BCUT2D eigenvalue weighted by Gasteiger charge is 2.15. The zero-order valence-corrected chi connectivity index (χ0v) is 10.9. The maximum atomic E-state index is 9.80. The highest BCUT2D eigenvalue weighted by atomic mass is 16.3. The fourth-order valence-corrected chi connectivity index (χ4v) is 2.52. The average Bonchev–Trinajstić information content (AvgIpc) is 2.79. The zero-order chi connectivity index (χ0) is 11.6. The van der Waals surface area contributed by atoms with E-state index in [1.807, 2.05) is 0 Å². The van der Waals surface area contributed by atoms with E-state index >= 15 is 0 Å². The number of rotatable bonds is 9. The van der Waals surface area contributed by atoms with Crippen molar-refractivity contribution in [3.63, 3.8) is 0 Å². The number of nitrogens with one attached hydrogen (secondary N) is 1. The minimum absolute atomic E-state index is 0.123. The van der Waals surface area contributed by atoms with Gasteiger partial charge in [-0.2, -0.15) is 0 Å². The largest absolute Gasteiger partial charge is 0.392 e. The Morgan fingerprint density at radius 3 is 2.50 bits per heavy atom. The van der Waals surface area contributed by atoms with E-state index in [1.165, 1.54) is 57.8 Å². The van der Waals surface area contributed by atoms with Crippen molar-refractivity contribution in [2.75, 3.05) is 6.54 Å². The first-order valence-corrected chi connectivity index (χ1v) is 7.24. The van der Waals surface area contributed by atoms with Crippen LogP contribution in [0.2, 0.25) is 0 Å². The second-order valence-electron chi connectivity index (χ2n) is 5.25. The summed E-state index contributed by atoms with van der Waals surface area (Å²) in [5.41, 5.74) is 0. The van der Waals surface area contributed by atoms with E-state index in [1.54, 1.807) is 0 Å². The molecule has 2 nitrogen and oxygen atoms in total. The molecule has 1 atom stereocenters. The molecule has 1 aliphatic rings. The summed E-state index contributed by atoms with van der Waals surface area (Å²) in [7, 11) is 0. The Balaban J connectivity index is 1.87. The summed E-state index contributed by atoms with van der Waals surface area (Å²) in [5, 5.41) is 13.3. The van der Waals surface area contributed by atoms with Gasteiger partial charge in [-0.05, 0) is 19.3 Å². The first-order chi connectivity index (χ1) is 7.83. The molecule has 2 heteroatoms. The Morgan fingerprint density at radius 2 is 1.81 bits per heavy atom. The van der Waals surface area contributed by atoms with Crippen LogP contribution in [0.25, 0.3) is 0 Å². The number of aliphatic hydroxyl groups is 1. The summed E-state index contributed by atoms with van der Waals surface area (Å²) < 4.78 is 0. The van der Waals surface area contributed by atoms with Crippen molar-refractivity contribution < 1.29 is 5.11 Å². The van der Waals surface area contributed by atoms with Gasteiger partial charge in [-0.25, -0.2) is 0 Å². The number of aliphatic hydroxyl groups excluding tert-OH is 1. The Bertz CT molecular complexity index is 155. The monoisotopic (exact) mass is 227 g/mol. The molecule has 0 aromatic rings. The lowest BCUT2D eigenvalue weighted by molar-refractivity contribution is 0.153. The summed E-state index contributed by atoms with van der Waals surface area (Å²) in [6.45, 7) is 3.04. The standard InChI is InChI=1S/C14H29NO/c1-2-3-4-5-6-11-14(16)12-15-13-9-7-8-10-13/h13-16H,2-12H2,1H3. The second-order valence-corrected chi connectivity index (χ2v) is 5.25. The van der Waals surface area contributed by atoms with Gasteiger partial charge in [-0.3, -0.25) is 0 Å². The first-order valence-electron chi connectivity index (χ1n) is 7.24. The van der Waals surface area contributed by atoms with Gasteiger partial charge in [0.25, 0.3) is 0 Å². The first kappa shape index (κ1) is 14.0. The third kappa shape index (κ3) is 6.49. The molecule has 1 fully saturated rings. The molecule has 0 bridgehead atoms. The Hall–Kier alpha value is -0.0800. The molecule has 2 N–H and O–H groups in total. The van der Waals surface area contributed by atoms with Gasteiger partial charge >= 0.3 is 0 Å². The predicted octanol–water partition coefficient (Wildman–Crippen LogP) is 3.24. The summed E-state index contributed by atoms with van der Waals surface area (Å²) >= 11 is 0. The predicted molar refractivity (Wildman–Crippen MR) is 69.6 cm³/mol. The van der Waals surface area contributed by atoms with Crippen molar-refractivity contribution in [2.24, 2.45) is 0 Å². The third-order valence-corrected chi connectivity index (χ3v) is 3.64. The maximum absolute atomic E-state index is 9.80. The molecule has 0 saturated heterocycles. The van der Waals surface area contributed by atoms with Crippen LogP contribution in [0, 0.1) is 0 Å². The van der Waals surface area contributed by atoms with Gasteiger partial charge in [0.2, 0.25) is 0 Å². The topological polar surface area (TPSA) is 32.3 Å². The van der Waals surface area contributed by atoms with Crippen LogP contribution in [0.4, 0.5) is 0 Å². The lowest BCUT2D eigenvalue weighted by atomic mass is 10.1. The Morgan fingerprint density at radius 1 is 1.12 bits per heavy atom. The highest BCUT2D eigenvalue weighted by Crippen LogP contribution is 2.17. The molecule has 0 aromatic carbocycles. The van der Waals surface area contributed by atoms with Crippen molar-refractivity contribution in [1.29, 1.82) is 0 Å². The van der Waals surface area contributed by atoms with Gasteiger partial charge < -0.3 is 10.4 Å². The molecule has 0 radical (unpaired) electrons. The van der Waals surface area contributed by atoms with E-state index in [9.17, 15) is 5.11 Å². The summed E-state index contributed by atoms with van der Waals surface area (Å²) in [5.74, 6) is 0. The van der Waals surface area contributed by atoms with E-state index in [4.69, 9.17) is 0 Å². The molecular weight excluding hydrogens is 198 g/mol. The van der Waals surface area contributed by atoms with Gasteiger partial charge in [0.05, 0.1) is 6.10 Å².